The summed E-state index contributed by atoms with van der Waals surface area (Å²) in [4.78, 5) is 3.99. The zero-order valence-corrected chi connectivity index (χ0v) is 11.4. The molecule has 1 aromatic heterocycles. The molecular formula is C15H17ClN2O. The van der Waals surface area contributed by atoms with Crippen molar-refractivity contribution in [3.63, 3.8) is 0 Å². The van der Waals surface area contributed by atoms with E-state index in [0.717, 1.165) is 24.2 Å². The summed E-state index contributed by atoms with van der Waals surface area (Å²) in [5.41, 5.74) is 7.79. The van der Waals surface area contributed by atoms with Crippen LogP contribution in [0.15, 0.2) is 42.7 Å². The maximum absolute atomic E-state index is 6.16. The smallest absolute Gasteiger partial charge is 0.124 e. The van der Waals surface area contributed by atoms with E-state index in [1.165, 1.54) is 5.56 Å². The number of halogens is 1. The molecule has 2 rings (SSSR count). The molecule has 0 aliphatic carbocycles. The number of rotatable bonds is 6. The number of hydrogen-bond acceptors (Lipinski definition) is 3. The monoisotopic (exact) mass is 276 g/mol. The average Bonchev–Trinajstić information content (AvgIpc) is 2.44. The molecule has 19 heavy (non-hydrogen) atoms. The number of benzene rings is 1. The number of aromatic nitrogens is 1. The van der Waals surface area contributed by atoms with Crippen LogP contribution in [-0.4, -0.2) is 18.1 Å². The Balaban J connectivity index is 1.97. The van der Waals surface area contributed by atoms with Crippen molar-refractivity contribution in [1.29, 1.82) is 0 Å². The third-order valence-electron chi connectivity index (χ3n) is 2.87. The lowest BCUT2D eigenvalue weighted by atomic mass is 10.1. The molecule has 0 saturated heterocycles. The van der Waals surface area contributed by atoms with Crippen LogP contribution in [0, 0.1) is 0 Å². The van der Waals surface area contributed by atoms with Crippen LogP contribution in [0.25, 0.3) is 0 Å². The topological polar surface area (TPSA) is 48.1 Å². The van der Waals surface area contributed by atoms with Crippen LogP contribution in [0.1, 0.15) is 11.1 Å². The molecular weight excluding hydrogens is 260 g/mol. The van der Waals surface area contributed by atoms with Gasteiger partial charge >= 0.3 is 0 Å². The molecule has 2 N–H and O–H groups in total. The normalized spacial score (nSPS) is 10.4. The van der Waals surface area contributed by atoms with E-state index in [0.29, 0.717) is 18.2 Å². The Hall–Kier alpha value is -1.58. The Morgan fingerprint density at radius 1 is 1.11 bits per heavy atom. The molecule has 0 spiro atoms. The molecule has 0 bridgehead atoms. The molecule has 0 saturated carbocycles. The lowest BCUT2D eigenvalue weighted by molar-refractivity contribution is 0.318. The Morgan fingerprint density at radius 2 is 1.89 bits per heavy atom. The minimum atomic E-state index is 0.560. The maximum atomic E-state index is 6.16. The predicted molar refractivity (Wildman–Crippen MR) is 77.6 cm³/mol. The van der Waals surface area contributed by atoms with Crippen LogP contribution in [0.4, 0.5) is 0 Å². The number of hydrogen-bond donors (Lipinski definition) is 1. The predicted octanol–water partition coefficient (Wildman–Crippen LogP) is 2.86. The van der Waals surface area contributed by atoms with E-state index in [1.54, 1.807) is 12.4 Å². The lowest BCUT2D eigenvalue weighted by Gasteiger charge is -2.12. The summed E-state index contributed by atoms with van der Waals surface area (Å²) in [6.45, 7) is 1.17. The molecule has 0 amide bonds. The second kappa shape index (κ2) is 7.12. The van der Waals surface area contributed by atoms with Crippen molar-refractivity contribution in [1.82, 2.24) is 4.98 Å². The fourth-order valence-electron chi connectivity index (χ4n) is 1.89. The van der Waals surface area contributed by atoms with Crippen LogP contribution in [0.2, 0.25) is 5.02 Å². The van der Waals surface area contributed by atoms with E-state index in [4.69, 9.17) is 22.1 Å². The van der Waals surface area contributed by atoms with E-state index < -0.39 is 0 Å². The second-order valence-electron chi connectivity index (χ2n) is 4.21. The quantitative estimate of drug-likeness (QED) is 0.883. The van der Waals surface area contributed by atoms with Gasteiger partial charge in [0, 0.05) is 29.4 Å². The summed E-state index contributed by atoms with van der Waals surface area (Å²) in [6, 6.07) is 9.67. The molecule has 1 heterocycles. The molecule has 100 valence electrons. The standard InChI is InChI=1S/C15H17ClN2O/c16-14-2-1-3-15(13(14)4-8-17)19-11-7-12-5-9-18-10-6-12/h1-3,5-6,9-10H,4,7-8,11,17H2. The molecule has 0 radical (unpaired) electrons. The highest BCUT2D eigenvalue weighted by Crippen LogP contribution is 2.26. The van der Waals surface area contributed by atoms with E-state index in [9.17, 15) is 0 Å². The van der Waals surface area contributed by atoms with Crippen molar-refractivity contribution in [3.8, 4) is 5.75 Å². The zero-order valence-electron chi connectivity index (χ0n) is 10.7. The molecule has 0 aliphatic heterocycles. The number of pyridine rings is 1. The molecule has 2 aromatic rings. The first-order valence-corrected chi connectivity index (χ1v) is 6.68. The Labute approximate surface area is 118 Å². The molecule has 0 aliphatic rings. The summed E-state index contributed by atoms with van der Waals surface area (Å²) >= 11 is 6.16. The van der Waals surface area contributed by atoms with Gasteiger partial charge in [0.25, 0.3) is 0 Å². The fourth-order valence-corrected chi connectivity index (χ4v) is 2.15. The highest BCUT2D eigenvalue weighted by molar-refractivity contribution is 6.31. The van der Waals surface area contributed by atoms with Crippen molar-refractivity contribution in [2.45, 2.75) is 12.8 Å². The SMILES string of the molecule is NCCc1c(Cl)cccc1OCCc1ccncc1. The van der Waals surface area contributed by atoms with Gasteiger partial charge < -0.3 is 10.5 Å². The summed E-state index contributed by atoms with van der Waals surface area (Å²) in [6.07, 6.45) is 5.14. The van der Waals surface area contributed by atoms with Crippen LogP contribution >= 0.6 is 11.6 Å². The first-order valence-electron chi connectivity index (χ1n) is 6.30. The molecule has 0 unspecified atom stereocenters. The summed E-state index contributed by atoms with van der Waals surface area (Å²) in [5.74, 6) is 0.826. The van der Waals surface area contributed by atoms with E-state index >= 15 is 0 Å². The molecule has 4 heteroatoms. The van der Waals surface area contributed by atoms with E-state index in [-0.39, 0.29) is 0 Å². The highest BCUT2D eigenvalue weighted by Gasteiger charge is 2.07. The fraction of sp³-hybridized carbons (Fsp3) is 0.267. The van der Waals surface area contributed by atoms with Gasteiger partial charge in [-0.1, -0.05) is 17.7 Å². The third kappa shape index (κ3) is 3.94. The van der Waals surface area contributed by atoms with Gasteiger partial charge in [-0.15, -0.1) is 0 Å². The van der Waals surface area contributed by atoms with Gasteiger partial charge in [-0.2, -0.15) is 0 Å². The lowest BCUT2D eigenvalue weighted by Crippen LogP contribution is -2.07. The summed E-state index contributed by atoms with van der Waals surface area (Å²) in [7, 11) is 0. The van der Waals surface area contributed by atoms with Crippen molar-refractivity contribution in [2.24, 2.45) is 5.73 Å². The molecule has 0 fully saturated rings. The third-order valence-corrected chi connectivity index (χ3v) is 3.22. The van der Waals surface area contributed by atoms with Crippen LogP contribution in [0.5, 0.6) is 5.75 Å². The van der Waals surface area contributed by atoms with Crippen LogP contribution < -0.4 is 10.5 Å². The van der Waals surface area contributed by atoms with Gasteiger partial charge in [0.2, 0.25) is 0 Å². The summed E-state index contributed by atoms with van der Waals surface area (Å²) < 4.78 is 5.81. The van der Waals surface area contributed by atoms with Gasteiger partial charge in [-0.05, 0) is 42.8 Å². The second-order valence-corrected chi connectivity index (χ2v) is 4.62. The highest BCUT2D eigenvalue weighted by atomic mass is 35.5. The van der Waals surface area contributed by atoms with Crippen molar-refractivity contribution < 1.29 is 4.74 Å². The van der Waals surface area contributed by atoms with E-state index in [2.05, 4.69) is 4.98 Å². The van der Waals surface area contributed by atoms with E-state index in [1.807, 2.05) is 30.3 Å². The first-order chi connectivity index (χ1) is 9.31. The van der Waals surface area contributed by atoms with Crippen molar-refractivity contribution in [3.05, 3.63) is 58.9 Å². The average molecular weight is 277 g/mol. The number of nitrogens with zero attached hydrogens (tertiary/aromatic N) is 1. The van der Waals surface area contributed by atoms with Crippen molar-refractivity contribution >= 4 is 11.6 Å². The van der Waals surface area contributed by atoms with Gasteiger partial charge in [0.15, 0.2) is 0 Å². The Bertz CT molecular complexity index is 517. The molecule has 3 nitrogen and oxygen atoms in total. The Kier molecular flexibility index (Phi) is 5.19. The number of nitrogens with two attached hydrogens (primary N) is 1. The summed E-state index contributed by atoms with van der Waals surface area (Å²) in [5, 5.41) is 0.715. The largest absolute Gasteiger partial charge is 0.493 e. The van der Waals surface area contributed by atoms with Gasteiger partial charge in [-0.3, -0.25) is 4.98 Å². The minimum absolute atomic E-state index is 0.560. The van der Waals surface area contributed by atoms with Gasteiger partial charge in [-0.25, -0.2) is 0 Å². The minimum Gasteiger partial charge on any atom is -0.493 e. The van der Waals surface area contributed by atoms with Gasteiger partial charge in [0.1, 0.15) is 5.75 Å². The van der Waals surface area contributed by atoms with Crippen LogP contribution in [-0.2, 0) is 12.8 Å². The maximum Gasteiger partial charge on any atom is 0.124 e. The Morgan fingerprint density at radius 3 is 2.63 bits per heavy atom. The van der Waals surface area contributed by atoms with Crippen molar-refractivity contribution in [2.75, 3.05) is 13.2 Å². The number of ether oxygens (including phenoxy) is 1. The molecule has 0 atom stereocenters. The zero-order chi connectivity index (χ0) is 13.5. The molecule has 1 aromatic carbocycles. The first kappa shape index (κ1) is 13.8. The van der Waals surface area contributed by atoms with Gasteiger partial charge in [0.05, 0.1) is 6.61 Å². The van der Waals surface area contributed by atoms with Crippen LogP contribution in [0.3, 0.4) is 0 Å².